The molecule has 0 fully saturated rings. The van der Waals surface area contributed by atoms with E-state index in [-0.39, 0.29) is 11.2 Å². The highest BCUT2D eigenvalue weighted by Gasteiger charge is 2.21. The molecule has 0 aliphatic carbocycles. The fourth-order valence-electron chi connectivity index (χ4n) is 2.06. The Morgan fingerprint density at radius 1 is 1.25 bits per heavy atom. The Morgan fingerprint density at radius 2 is 1.90 bits per heavy atom. The SMILES string of the molecule is COc1c(O)cc(C(C)(C)C)cc1-c1cc(N)n(C)n1. The average molecular weight is 275 g/mol. The van der Waals surface area contributed by atoms with Crippen LogP contribution >= 0.6 is 0 Å². The van der Waals surface area contributed by atoms with Crippen LogP contribution in [0.25, 0.3) is 11.3 Å². The van der Waals surface area contributed by atoms with Gasteiger partial charge in [0, 0.05) is 18.7 Å². The molecule has 1 heterocycles. The van der Waals surface area contributed by atoms with Crippen molar-refractivity contribution in [2.45, 2.75) is 26.2 Å². The summed E-state index contributed by atoms with van der Waals surface area (Å²) in [5, 5.41) is 14.5. The molecule has 1 aromatic carbocycles. The Bertz CT molecular complexity index is 620. The van der Waals surface area contributed by atoms with Gasteiger partial charge in [0.05, 0.1) is 12.8 Å². The Hall–Kier alpha value is -2.17. The Balaban J connectivity index is 2.69. The molecule has 0 saturated carbocycles. The van der Waals surface area contributed by atoms with Crippen LogP contribution in [-0.4, -0.2) is 22.0 Å². The molecule has 0 atom stereocenters. The van der Waals surface area contributed by atoms with Crippen LogP contribution in [0, 0.1) is 0 Å². The van der Waals surface area contributed by atoms with E-state index in [0.29, 0.717) is 17.3 Å². The van der Waals surface area contributed by atoms with Crippen molar-refractivity contribution < 1.29 is 9.84 Å². The lowest BCUT2D eigenvalue weighted by Gasteiger charge is -2.21. The fourth-order valence-corrected chi connectivity index (χ4v) is 2.06. The molecule has 0 aliphatic heterocycles. The number of nitrogen functional groups attached to an aromatic ring is 1. The van der Waals surface area contributed by atoms with E-state index in [9.17, 15) is 5.11 Å². The minimum atomic E-state index is -0.0845. The number of aromatic hydroxyl groups is 1. The number of phenolic OH excluding ortho intramolecular Hbond substituents is 1. The summed E-state index contributed by atoms with van der Waals surface area (Å²) >= 11 is 0. The van der Waals surface area contributed by atoms with Crippen LogP contribution in [0.2, 0.25) is 0 Å². The normalized spacial score (nSPS) is 11.7. The molecule has 0 aliphatic rings. The first-order chi connectivity index (χ1) is 9.24. The molecule has 5 heteroatoms. The van der Waals surface area contributed by atoms with E-state index in [1.54, 1.807) is 23.9 Å². The number of benzene rings is 1. The predicted molar refractivity (Wildman–Crippen MR) is 80.0 cm³/mol. The molecule has 0 spiro atoms. The molecule has 2 rings (SSSR count). The van der Waals surface area contributed by atoms with Crippen LogP contribution in [0.1, 0.15) is 26.3 Å². The lowest BCUT2D eigenvalue weighted by atomic mass is 9.85. The van der Waals surface area contributed by atoms with Crippen molar-refractivity contribution in [2.75, 3.05) is 12.8 Å². The number of methoxy groups -OCH3 is 1. The van der Waals surface area contributed by atoms with Gasteiger partial charge in [0.1, 0.15) is 5.82 Å². The van der Waals surface area contributed by atoms with Gasteiger partial charge in [0.2, 0.25) is 0 Å². The lowest BCUT2D eigenvalue weighted by molar-refractivity contribution is 0.373. The highest BCUT2D eigenvalue weighted by Crippen LogP contribution is 2.41. The number of hydrogen-bond donors (Lipinski definition) is 2. The second-order valence-corrected chi connectivity index (χ2v) is 5.90. The van der Waals surface area contributed by atoms with Gasteiger partial charge in [-0.25, -0.2) is 0 Å². The summed E-state index contributed by atoms with van der Waals surface area (Å²) in [6, 6.07) is 5.48. The molecule has 108 valence electrons. The van der Waals surface area contributed by atoms with Gasteiger partial charge >= 0.3 is 0 Å². The molecule has 2 aromatic rings. The maximum absolute atomic E-state index is 10.2. The van der Waals surface area contributed by atoms with Gasteiger partial charge in [-0.15, -0.1) is 0 Å². The number of hydrogen-bond acceptors (Lipinski definition) is 4. The van der Waals surface area contributed by atoms with Crippen molar-refractivity contribution in [3.63, 3.8) is 0 Å². The van der Waals surface area contributed by atoms with Crippen LogP contribution in [0.4, 0.5) is 5.82 Å². The monoisotopic (exact) mass is 275 g/mol. The first kappa shape index (κ1) is 14.2. The molecule has 0 unspecified atom stereocenters. The zero-order valence-corrected chi connectivity index (χ0v) is 12.6. The molecule has 0 radical (unpaired) electrons. The fraction of sp³-hybridized carbons (Fsp3) is 0.400. The topological polar surface area (TPSA) is 73.3 Å². The lowest BCUT2D eigenvalue weighted by Crippen LogP contribution is -2.11. The Morgan fingerprint density at radius 3 is 2.35 bits per heavy atom. The van der Waals surface area contributed by atoms with Crippen molar-refractivity contribution in [3.8, 4) is 22.8 Å². The van der Waals surface area contributed by atoms with Gasteiger partial charge in [-0.05, 0) is 23.1 Å². The minimum absolute atomic E-state index is 0.0845. The highest BCUT2D eigenvalue weighted by molar-refractivity contribution is 5.74. The van der Waals surface area contributed by atoms with Crippen molar-refractivity contribution in [1.29, 1.82) is 0 Å². The molecular weight excluding hydrogens is 254 g/mol. The summed E-state index contributed by atoms with van der Waals surface area (Å²) in [7, 11) is 3.31. The number of nitrogens with two attached hydrogens (primary N) is 1. The van der Waals surface area contributed by atoms with Gasteiger partial charge in [0.25, 0.3) is 0 Å². The Kier molecular flexibility index (Phi) is 3.38. The van der Waals surface area contributed by atoms with Crippen LogP contribution in [0.3, 0.4) is 0 Å². The summed E-state index contributed by atoms with van der Waals surface area (Å²) in [4.78, 5) is 0. The van der Waals surface area contributed by atoms with Gasteiger partial charge in [0.15, 0.2) is 11.5 Å². The quantitative estimate of drug-likeness (QED) is 0.883. The molecule has 20 heavy (non-hydrogen) atoms. The summed E-state index contributed by atoms with van der Waals surface area (Å²) in [6.45, 7) is 6.26. The molecule has 0 bridgehead atoms. The van der Waals surface area contributed by atoms with E-state index in [1.165, 1.54) is 7.11 Å². The van der Waals surface area contributed by atoms with E-state index in [1.807, 2.05) is 6.07 Å². The van der Waals surface area contributed by atoms with Crippen molar-refractivity contribution in [2.24, 2.45) is 7.05 Å². The number of phenols is 1. The highest BCUT2D eigenvalue weighted by atomic mass is 16.5. The van der Waals surface area contributed by atoms with Crippen LogP contribution in [0.15, 0.2) is 18.2 Å². The standard InChI is InChI=1S/C15H21N3O2/c1-15(2,3)9-6-10(14(20-5)12(19)7-9)11-8-13(16)18(4)17-11/h6-8,19H,16H2,1-5H3. The third kappa shape index (κ3) is 2.43. The Labute approximate surface area is 119 Å². The zero-order valence-electron chi connectivity index (χ0n) is 12.6. The number of nitrogens with zero attached hydrogens (tertiary/aromatic N) is 2. The first-order valence-electron chi connectivity index (χ1n) is 6.45. The number of rotatable bonds is 2. The maximum Gasteiger partial charge on any atom is 0.169 e. The summed E-state index contributed by atoms with van der Waals surface area (Å²) < 4.78 is 6.90. The van der Waals surface area contributed by atoms with Crippen LogP contribution in [-0.2, 0) is 12.5 Å². The van der Waals surface area contributed by atoms with Gasteiger partial charge in [-0.1, -0.05) is 20.8 Å². The summed E-state index contributed by atoms with van der Waals surface area (Å²) in [5.74, 6) is 1.08. The zero-order chi connectivity index (χ0) is 15.1. The molecular formula is C15H21N3O2. The number of ether oxygens (including phenoxy) is 1. The molecule has 5 nitrogen and oxygen atoms in total. The maximum atomic E-state index is 10.2. The van der Waals surface area contributed by atoms with Crippen molar-refractivity contribution in [1.82, 2.24) is 9.78 Å². The third-order valence-corrected chi connectivity index (χ3v) is 3.33. The number of aromatic nitrogens is 2. The minimum Gasteiger partial charge on any atom is -0.504 e. The largest absolute Gasteiger partial charge is 0.504 e. The van der Waals surface area contributed by atoms with E-state index >= 15 is 0 Å². The van der Waals surface area contributed by atoms with Crippen LogP contribution in [0.5, 0.6) is 11.5 Å². The first-order valence-corrected chi connectivity index (χ1v) is 6.45. The van der Waals surface area contributed by atoms with Gasteiger partial charge in [-0.2, -0.15) is 5.10 Å². The van der Waals surface area contributed by atoms with E-state index < -0.39 is 0 Å². The van der Waals surface area contributed by atoms with E-state index in [0.717, 1.165) is 11.1 Å². The smallest absolute Gasteiger partial charge is 0.169 e. The van der Waals surface area contributed by atoms with E-state index in [2.05, 4.69) is 25.9 Å². The summed E-state index contributed by atoms with van der Waals surface area (Å²) in [6.07, 6.45) is 0. The van der Waals surface area contributed by atoms with Gasteiger partial charge in [-0.3, -0.25) is 4.68 Å². The molecule has 0 saturated heterocycles. The number of aryl methyl sites for hydroxylation is 1. The molecule has 3 N–H and O–H groups in total. The van der Waals surface area contributed by atoms with Crippen molar-refractivity contribution >= 4 is 5.82 Å². The van der Waals surface area contributed by atoms with Crippen molar-refractivity contribution in [3.05, 3.63) is 23.8 Å². The summed E-state index contributed by atoms with van der Waals surface area (Å²) in [5.41, 5.74) is 8.18. The second kappa shape index (κ2) is 4.74. The van der Waals surface area contributed by atoms with Crippen LogP contribution < -0.4 is 10.5 Å². The predicted octanol–water partition coefficient (Wildman–Crippen LogP) is 2.68. The van der Waals surface area contributed by atoms with E-state index in [4.69, 9.17) is 10.5 Å². The second-order valence-electron chi connectivity index (χ2n) is 5.90. The molecule has 1 aromatic heterocycles. The molecule has 0 amide bonds. The van der Waals surface area contributed by atoms with Gasteiger partial charge < -0.3 is 15.6 Å². The average Bonchev–Trinajstić information content (AvgIpc) is 2.67. The number of anilines is 1. The third-order valence-electron chi connectivity index (χ3n) is 3.33.